The number of aromatic nitrogens is 2. The quantitative estimate of drug-likeness (QED) is 0.434. The Morgan fingerprint density at radius 3 is 2.57 bits per heavy atom. The Kier molecular flexibility index (Phi) is 8.01. The summed E-state index contributed by atoms with van der Waals surface area (Å²) in [5.74, 6) is 0.201. The number of carbonyl (C=O) groups is 1. The summed E-state index contributed by atoms with van der Waals surface area (Å²) < 4.78 is 47.0. The van der Waals surface area contributed by atoms with Crippen molar-refractivity contribution in [3.05, 3.63) is 64.6 Å². The third-order valence-electron chi connectivity index (χ3n) is 8.26. The van der Waals surface area contributed by atoms with Crippen LogP contribution in [0, 0.1) is 5.82 Å². The number of hydrogen-bond acceptors (Lipinski definition) is 7. The van der Waals surface area contributed by atoms with Gasteiger partial charge in [-0.15, -0.1) is 0 Å². The summed E-state index contributed by atoms with van der Waals surface area (Å²) >= 11 is 6.21. The summed E-state index contributed by atoms with van der Waals surface area (Å²) in [4.78, 5) is 16.8. The molecule has 1 unspecified atom stereocenters. The molecule has 3 aliphatic heterocycles. The summed E-state index contributed by atoms with van der Waals surface area (Å²) in [6, 6.07) is 11.3. The molecule has 2 aromatic carbocycles. The topological polar surface area (TPSA) is 108 Å². The van der Waals surface area contributed by atoms with E-state index < -0.39 is 16.1 Å². The minimum absolute atomic E-state index is 0.00358. The molecule has 42 heavy (non-hydrogen) atoms. The van der Waals surface area contributed by atoms with Gasteiger partial charge in [0.1, 0.15) is 11.6 Å². The predicted molar refractivity (Wildman–Crippen MR) is 156 cm³/mol. The molecule has 4 heterocycles. The number of piperidine rings is 1. The molecule has 1 amide bonds. The molecule has 0 bridgehead atoms. The van der Waals surface area contributed by atoms with Crippen LogP contribution in [0.4, 0.5) is 10.1 Å². The van der Waals surface area contributed by atoms with Gasteiger partial charge in [0.25, 0.3) is 5.91 Å². The van der Waals surface area contributed by atoms with Crippen LogP contribution in [0.15, 0.2) is 42.5 Å². The normalized spacial score (nSPS) is 19.3. The first-order valence-electron chi connectivity index (χ1n) is 14.0. The maximum absolute atomic E-state index is 13.6. The molecule has 6 rings (SSSR count). The van der Waals surface area contributed by atoms with Crippen LogP contribution in [-0.4, -0.2) is 89.6 Å². The molecule has 1 fully saturated rings. The fourth-order valence-electron chi connectivity index (χ4n) is 6.20. The molecule has 1 N–H and O–H groups in total. The first-order valence-corrected chi connectivity index (χ1v) is 16.2. The summed E-state index contributed by atoms with van der Waals surface area (Å²) in [6.07, 6.45) is 2.43. The van der Waals surface area contributed by atoms with E-state index in [0.717, 1.165) is 24.1 Å². The minimum Gasteiger partial charge on any atom is -0.482 e. The van der Waals surface area contributed by atoms with E-state index >= 15 is 0 Å². The second kappa shape index (κ2) is 11.6. The van der Waals surface area contributed by atoms with E-state index in [1.165, 1.54) is 22.7 Å². The van der Waals surface area contributed by atoms with Gasteiger partial charge in [-0.3, -0.25) is 9.48 Å². The van der Waals surface area contributed by atoms with E-state index in [0.29, 0.717) is 60.3 Å². The number of carbonyl (C=O) groups excluding carboxylic acids is 1. The average Bonchev–Trinajstić information content (AvgIpc) is 3.31. The molecule has 13 heteroatoms. The molecule has 1 atom stereocenters. The van der Waals surface area contributed by atoms with Crippen molar-refractivity contribution in [3.8, 4) is 17.0 Å². The van der Waals surface area contributed by atoms with Gasteiger partial charge in [-0.05, 0) is 55.3 Å². The molecule has 1 saturated heterocycles. The number of fused-ring (bicyclic) bond motifs is 2. The number of sulfonamides is 1. The highest BCUT2D eigenvalue weighted by Crippen LogP contribution is 2.37. The van der Waals surface area contributed by atoms with Crippen molar-refractivity contribution in [2.75, 3.05) is 43.9 Å². The SMILES string of the molecule is CS(=O)(=O)N1CCc2c(c(-c3ccc(F)cc3)nn2CC(O)CN2CCC(N3C(=O)COc4ccc(Cl)cc43)CC2)C1. The van der Waals surface area contributed by atoms with Gasteiger partial charge in [-0.2, -0.15) is 9.40 Å². The number of aliphatic hydroxyl groups is 1. The van der Waals surface area contributed by atoms with Crippen LogP contribution >= 0.6 is 11.6 Å². The number of amides is 1. The van der Waals surface area contributed by atoms with Crippen LogP contribution in [0.2, 0.25) is 5.02 Å². The fourth-order valence-corrected chi connectivity index (χ4v) is 7.15. The van der Waals surface area contributed by atoms with E-state index in [1.54, 1.807) is 35.0 Å². The van der Waals surface area contributed by atoms with Crippen LogP contribution < -0.4 is 9.64 Å². The minimum atomic E-state index is -3.40. The molecule has 0 saturated carbocycles. The van der Waals surface area contributed by atoms with Gasteiger partial charge in [-0.25, -0.2) is 12.8 Å². The molecule has 0 aliphatic carbocycles. The van der Waals surface area contributed by atoms with Crippen molar-refractivity contribution >= 4 is 33.2 Å². The van der Waals surface area contributed by atoms with Gasteiger partial charge >= 0.3 is 0 Å². The van der Waals surface area contributed by atoms with Crippen molar-refractivity contribution < 1.29 is 27.4 Å². The van der Waals surface area contributed by atoms with Gasteiger partial charge in [0, 0.05) is 67.0 Å². The Hall–Kier alpha value is -3.03. The van der Waals surface area contributed by atoms with Gasteiger partial charge in [0.2, 0.25) is 10.0 Å². The number of nitrogens with zero attached hydrogens (tertiary/aromatic N) is 5. The largest absolute Gasteiger partial charge is 0.482 e. The highest BCUT2D eigenvalue weighted by Gasteiger charge is 2.35. The van der Waals surface area contributed by atoms with E-state index in [-0.39, 0.29) is 37.5 Å². The first kappa shape index (κ1) is 29.1. The molecular weight excluding hydrogens is 585 g/mol. The first-order chi connectivity index (χ1) is 20.1. The van der Waals surface area contributed by atoms with E-state index in [4.69, 9.17) is 21.4 Å². The number of anilines is 1. The number of β-amino-alcohol motifs (C(OH)–C–C–N with tert-alkyl or cyclic N) is 1. The summed E-state index contributed by atoms with van der Waals surface area (Å²) in [5.41, 5.74) is 3.66. The van der Waals surface area contributed by atoms with Crippen LogP contribution in [0.1, 0.15) is 24.1 Å². The highest BCUT2D eigenvalue weighted by atomic mass is 35.5. The fraction of sp³-hybridized carbons (Fsp3) is 0.448. The average molecular weight is 618 g/mol. The van der Waals surface area contributed by atoms with Crippen LogP contribution in [0.25, 0.3) is 11.3 Å². The zero-order chi connectivity index (χ0) is 29.6. The lowest BCUT2D eigenvalue weighted by Gasteiger charge is -2.41. The number of hydrogen-bond donors (Lipinski definition) is 1. The Morgan fingerprint density at radius 2 is 1.86 bits per heavy atom. The number of ether oxygens (including phenoxy) is 1. The molecule has 0 spiro atoms. The molecule has 3 aromatic rings. The van der Waals surface area contributed by atoms with Gasteiger partial charge in [-0.1, -0.05) is 11.6 Å². The maximum atomic E-state index is 13.6. The summed E-state index contributed by atoms with van der Waals surface area (Å²) in [5, 5.41) is 16.4. The third kappa shape index (κ3) is 5.91. The van der Waals surface area contributed by atoms with Crippen LogP contribution in [0.5, 0.6) is 5.75 Å². The summed E-state index contributed by atoms with van der Waals surface area (Å²) in [7, 11) is -3.40. The van der Waals surface area contributed by atoms with Crippen LogP contribution in [-0.2, 0) is 34.3 Å². The second-order valence-corrected chi connectivity index (χ2v) is 13.6. The number of aliphatic hydroxyl groups excluding tert-OH is 1. The Labute approximate surface area is 249 Å². The zero-order valence-corrected chi connectivity index (χ0v) is 24.8. The smallest absolute Gasteiger partial charge is 0.265 e. The molecule has 0 radical (unpaired) electrons. The molecule has 3 aliphatic rings. The molecular formula is C29H33ClFN5O5S. The Balaban J connectivity index is 1.14. The number of rotatable bonds is 7. The monoisotopic (exact) mass is 617 g/mol. The predicted octanol–water partition coefficient (Wildman–Crippen LogP) is 2.91. The van der Waals surface area contributed by atoms with E-state index in [2.05, 4.69) is 4.90 Å². The molecule has 10 nitrogen and oxygen atoms in total. The zero-order valence-electron chi connectivity index (χ0n) is 23.2. The third-order valence-corrected chi connectivity index (χ3v) is 9.75. The van der Waals surface area contributed by atoms with Crippen molar-refractivity contribution in [3.63, 3.8) is 0 Å². The van der Waals surface area contributed by atoms with Gasteiger partial charge in [0.15, 0.2) is 6.61 Å². The van der Waals surface area contributed by atoms with Crippen molar-refractivity contribution in [2.45, 2.75) is 44.5 Å². The van der Waals surface area contributed by atoms with Crippen LogP contribution in [0.3, 0.4) is 0 Å². The highest BCUT2D eigenvalue weighted by molar-refractivity contribution is 7.88. The number of halogens is 2. The lowest BCUT2D eigenvalue weighted by molar-refractivity contribution is -0.122. The lowest BCUT2D eigenvalue weighted by Crippen LogP contribution is -2.51. The Morgan fingerprint density at radius 1 is 1.12 bits per heavy atom. The molecule has 1 aromatic heterocycles. The number of benzene rings is 2. The lowest BCUT2D eigenvalue weighted by atomic mass is 10.0. The van der Waals surface area contributed by atoms with Gasteiger partial charge < -0.3 is 19.6 Å². The second-order valence-electron chi connectivity index (χ2n) is 11.2. The van der Waals surface area contributed by atoms with E-state index in [1.807, 2.05) is 4.90 Å². The Bertz CT molecular complexity index is 1590. The van der Waals surface area contributed by atoms with Crippen molar-refractivity contribution in [1.82, 2.24) is 19.0 Å². The maximum Gasteiger partial charge on any atom is 0.265 e. The van der Waals surface area contributed by atoms with Crippen molar-refractivity contribution in [1.29, 1.82) is 0 Å². The van der Waals surface area contributed by atoms with Gasteiger partial charge in [0.05, 0.1) is 30.3 Å². The number of likely N-dealkylation sites (tertiary alicyclic amines) is 1. The summed E-state index contributed by atoms with van der Waals surface area (Å²) in [6.45, 7) is 2.62. The van der Waals surface area contributed by atoms with E-state index in [9.17, 15) is 22.7 Å². The standard InChI is InChI=1S/C29H33ClFN5O5S/c1-42(39,40)34-13-10-25-24(17-34)29(19-2-5-21(31)6-3-19)32-35(25)16-23(37)15-33-11-8-22(9-12-33)36-26-14-20(30)4-7-27(26)41-18-28(36)38/h2-7,14,22-23,37H,8-13,15-18H2,1H3. The van der Waals surface area contributed by atoms with Crippen molar-refractivity contribution in [2.24, 2.45) is 0 Å². The molecule has 224 valence electrons.